The maximum atomic E-state index is 14.1. The van der Waals surface area contributed by atoms with Gasteiger partial charge >= 0.3 is 39.4 Å². The largest absolute Gasteiger partial charge is 0.600 e. The monoisotopic (exact) mass is 468 g/mol. The van der Waals surface area contributed by atoms with E-state index >= 15 is 0 Å². The van der Waals surface area contributed by atoms with Gasteiger partial charge < -0.3 is 0 Å². The molecule has 0 heterocycles. The van der Waals surface area contributed by atoms with Crippen molar-refractivity contribution in [2.45, 2.75) is 69.6 Å². The molecule has 0 rings (SSSR count). The summed E-state index contributed by atoms with van der Waals surface area (Å²) in [4.78, 5) is 0. The van der Waals surface area contributed by atoms with E-state index in [1.54, 1.807) is 6.92 Å². The van der Waals surface area contributed by atoms with Crippen molar-refractivity contribution >= 4 is 8.80 Å². The van der Waals surface area contributed by atoms with E-state index in [1.165, 1.54) is 0 Å². The first kappa shape index (κ1) is 27.2. The molecular weight excluding hydrogens is 455 g/mol. The fraction of sp³-hybridized carbons (Fsp3) is 1.00. The minimum atomic E-state index is -8.59. The van der Waals surface area contributed by atoms with Crippen LogP contribution in [0.15, 0.2) is 0 Å². The Morgan fingerprint density at radius 2 is 0.929 bits per heavy atom. The van der Waals surface area contributed by atoms with Crippen LogP contribution in [0.3, 0.4) is 0 Å². The van der Waals surface area contributed by atoms with Crippen molar-refractivity contribution in [3.05, 3.63) is 0 Å². The molecule has 0 unspecified atom stereocenters. The molecule has 170 valence electrons. The summed E-state index contributed by atoms with van der Waals surface area (Å²) in [5, 5.41) is 0. The topological polar surface area (TPSA) is 27.7 Å². The molecular formula is C11H13F13O3Si. The molecule has 0 bridgehead atoms. The molecule has 0 aromatic heterocycles. The van der Waals surface area contributed by atoms with E-state index in [9.17, 15) is 57.1 Å². The van der Waals surface area contributed by atoms with Gasteiger partial charge in [0.2, 0.25) is 0 Å². The van der Waals surface area contributed by atoms with Crippen molar-refractivity contribution in [2.75, 3.05) is 0 Å². The van der Waals surface area contributed by atoms with E-state index in [0.29, 0.717) is 6.42 Å². The first-order valence-electron chi connectivity index (χ1n) is 7.24. The Hall–Kier alpha value is -0.813. The third kappa shape index (κ3) is 8.28. The Morgan fingerprint density at radius 1 is 0.571 bits per heavy atom. The predicted octanol–water partition coefficient (Wildman–Crippen LogP) is 6.31. The van der Waals surface area contributed by atoms with E-state index in [1.807, 2.05) is 0 Å². The van der Waals surface area contributed by atoms with Gasteiger partial charge in [-0.2, -0.15) is 17.6 Å². The molecule has 0 N–H and O–H groups in total. The van der Waals surface area contributed by atoms with Crippen LogP contribution in [0.4, 0.5) is 57.1 Å². The van der Waals surface area contributed by atoms with Crippen molar-refractivity contribution in [3.8, 4) is 0 Å². The Labute approximate surface area is 150 Å². The molecule has 0 aliphatic rings. The Morgan fingerprint density at radius 3 is 1.21 bits per heavy atom. The number of alkyl halides is 13. The van der Waals surface area contributed by atoms with Gasteiger partial charge in [0.25, 0.3) is 0 Å². The molecule has 0 spiro atoms. The summed E-state index contributed by atoms with van der Waals surface area (Å²) in [6.07, 6.45) is -22.5. The van der Waals surface area contributed by atoms with Crippen molar-refractivity contribution in [3.63, 3.8) is 0 Å². The molecule has 0 saturated heterocycles. The molecule has 0 aromatic rings. The number of hydrogen-bond donors (Lipinski definition) is 0. The Bertz CT molecular complexity index is 445. The van der Waals surface area contributed by atoms with Crippen LogP contribution < -0.4 is 0 Å². The molecule has 0 amide bonds. The first-order valence-corrected chi connectivity index (χ1v) is 8.97. The molecule has 0 fully saturated rings. The van der Waals surface area contributed by atoms with Crippen molar-refractivity contribution < 1.29 is 70.4 Å². The van der Waals surface area contributed by atoms with E-state index in [4.69, 9.17) is 0 Å². The van der Waals surface area contributed by atoms with E-state index in [-0.39, 0.29) is 12.8 Å². The fourth-order valence-corrected chi connectivity index (χ4v) is 3.86. The smallest absolute Gasteiger partial charge is 0.280 e. The van der Waals surface area contributed by atoms with Crippen LogP contribution in [0.25, 0.3) is 0 Å². The highest BCUT2D eigenvalue weighted by molar-refractivity contribution is 6.64. The second-order valence-corrected chi connectivity index (χ2v) is 7.64. The van der Waals surface area contributed by atoms with Gasteiger partial charge in [-0.05, 0) is 6.42 Å². The number of rotatable bonds is 10. The van der Waals surface area contributed by atoms with Gasteiger partial charge in [0.05, 0.1) is 0 Å². The highest BCUT2D eigenvalue weighted by atomic mass is 28.4. The van der Waals surface area contributed by atoms with Gasteiger partial charge in [-0.25, -0.2) is 0 Å². The molecule has 0 atom stereocenters. The molecule has 0 saturated carbocycles. The van der Waals surface area contributed by atoms with Gasteiger partial charge in [0, 0.05) is 6.42 Å². The minimum absolute atomic E-state index is 0.182. The van der Waals surface area contributed by atoms with Crippen LogP contribution >= 0.6 is 0 Å². The summed E-state index contributed by atoms with van der Waals surface area (Å²) in [5.41, 5.74) is -6.74. The van der Waals surface area contributed by atoms with Crippen molar-refractivity contribution in [2.24, 2.45) is 0 Å². The maximum absolute atomic E-state index is 14.1. The zero-order chi connectivity index (χ0) is 22.7. The van der Waals surface area contributed by atoms with Crippen LogP contribution in [-0.2, 0) is 13.3 Å². The summed E-state index contributed by atoms with van der Waals surface area (Å²) in [6.45, 7) is 1.55. The molecule has 3 nitrogen and oxygen atoms in total. The highest BCUT2D eigenvalue weighted by Crippen LogP contribution is 2.50. The maximum Gasteiger partial charge on any atom is 0.600 e. The van der Waals surface area contributed by atoms with Gasteiger partial charge in [-0.3, -0.25) is 13.3 Å². The normalized spacial score (nSPS) is 15.2. The third-order valence-electron chi connectivity index (χ3n) is 2.94. The summed E-state index contributed by atoms with van der Waals surface area (Å²) < 4.78 is 173. The summed E-state index contributed by atoms with van der Waals surface area (Å²) in [6, 6.07) is 0. The van der Waals surface area contributed by atoms with E-state index in [2.05, 4.69) is 13.3 Å². The molecule has 0 aromatic carbocycles. The predicted molar refractivity (Wildman–Crippen MR) is 65.8 cm³/mol. The van der Waals surface area contributed by atoms with Gasteiger partial charge in [0.1, 0.15) is 0 Å². The average Bonchev–Trinajstić information content (AvgIpc) is 2.37. The first-order chi connectivity index (χ1) is 12.2. The third-order valence-corrected chi connectivity index (χ3v) is 5.57. The highest BCUT2D eigenvalue weighted by Gasteiger charge is 2.83. The van der Waals surface area contributed by atoms with Crippen LogP contribution in [0, 0.1) is 0 Å². The lowest BCUT2D eigenvalue weighted by molar-refractivity contribution is -0.385. The van der Waals surface area contributed by atoms with Crippen LogP contribution in [0.5, 0.6) is 0 Å². The summed E-state index contributed by atoms with van der Waals surface area (Å²) >= 11 is 0. The van der Waals surface area contributed by atoms with Gasteiger partial charge in [-0.15, -0.1) is 39.5 Å². The second kappa shape index (κ2) is 8.91. The molecule has 17 heteroatoms. The van der Waals surface area contributed by atoms with Crippen molar-refractivity contribution in [1.82, 2.24) is 0 Å². The SMILES string of the molecule is CCCCCCC(F)(F)C(F)(F)[Si](OC(F)(F)F)(OC(F)(F)F)OC(F)(F)F. The van der Waals surface area contributed by atoms with Crippen LogP contribution in [0.2, 0.25) is 0 Å². The number of unbranched alkanes of at least 4 members (excludes halogenated alkanes) is 3. The molecule has 28 heavy (non-hydrogen) atoms. The fourth-order valence-electron chi connectivity index (χ4n) is 1.87. The molecule has 0 radical (unpaired) electrons. The molecule has 0 aliphatic carbocycles. The van der Waals surface area contributed by atoms with Crippen molar-refractivity contribution in [1.29, 1.82) is 0 Å². The number of halogens is 13. The average molecular weight is 468 g/mol. The zero-order valence-electron chi connectivity index (χ0n) is 13.7. The van der Waals surface area contributed by atoms with Crippen LogP contribution in [-0.4, -0.2) is 39.4 Å². The van der Waals surface area contributed by atoms with Gasteiger partial charge in [0.15, 0.2) is 0 Å². The Kier molecular flexibility index (Phi) is 8.65. The lowest BCUT2D eigenvalue weighted by Crippen LogP contribution is -2.71. The van der Waals surface area contributed by atoms with E-state index < -0.39 is 52.2 Å². The minimum Gasteiger partial charge on any atom is -0.280 e. The standard InChI is InChI=1S/C11H13F13O3Si/c1-2-3-4-5-6-7(12,13)8(14,15)28(25-9(16,17)18,26-10(19,20)21)27-11(22,23)24/h2-6H2,1H3. The quantitative estimate of drug-likeness (QED) is 0.214. The number of hydrogen-bond acceptors (Lipinski definition) is 3. The lowest BCUT2D eigenvalue weighted by atomic mass is 10.1. The zero-order valence-corrected chi connectivity index (χ0v) is 14.7. The van der Waals surface area contributed by atoms with Gasteiger partial charge in [-0.1, -0.05) is 26.2 Å². The Balaban J connectivity index is 6.26. The van der Waals surface area contributed by atoms with E-state index in [0.717, 1.165) is 0 Å². The lowest BCUT2D eigenvalue weighted by Gasteiger charge is -2.39. The second-order valence-electron chi connectivity index (χ2n) is 5.29. The molecule has 0 aliphatic heterocycles. The summed E-state index contributed by atoms with van der Waals surface area (Å²) in [7, 11) is -8.59. The summed E-state index contributed by atoms with van der Waals surface area (Å²) in [5.74, 6) is -5.81. The van der Waals surface area contributed by atoms with Crippen LogP contribution in [0.1, 0.15) is 39.0 Å².